The molecule has 6 heteroatoms. The van der Waals surface area contributed by atoms with Crippen molar-refractivity contribution in [2.45, 2.75) is 6.92 Å². The number of hydrogen-bond acceptors (Lipinski definition) is 4. The van der Waals surface area contributed by atoms with Crippen LogP contribution in [0, 0.1) is 0 Å². The molecule has 2 amide bonds. The number of anilines is 2. The molecule has 0 aromatic heterocycles. The van der Waals surface area contributed by atoms with Crippen LogP contribution in [-0.2, 0) is 9.59 Å². The van der Waals surface area contributed by atoms with Gasteiger partial charge < -0.3 is 20.4 Å². The third kappa shape index (κ3) is 3.99. The van der Waals surface area contributed by atoms with E-state index < -0.39 is 0 Å². The second-order valence-corrected chi connectivity index (χ2v) is 4.72. The molecule has 0 aliphatic carbocycles. The Hall–Kier alpha value is -3.02. The van der Waals surface area contributed by atoms with Crippen molar-refractivity contribution in [1.82, 2.24) is 0 Å². The molecule has 0 bridgehead atoms. The standard InChI is InChI=1S/C16H16N2O4/c1-11(19)18(13-4-8-15(21)9-5-13)10-16(22)17-12-2-6-14(20)7-3-12/h2-9,20-21H,10H2,1H3,(H,17,22). The highest BCUT2D eigenvalue weighted by Gasteiger charge is 2.15. The van der Waals surface area contributed by atoms with Gasteiger partial charge in [-0.25, -0.2) is 0 Å². The van der Waals surface area contributed by atoms with Gasteiger partial charge in [-0.05, 0) is 48.5 Å². The smallest absolute Gasteiger partial charge is 0.244 e. The maximum absolute atomic E-state index is 12.0. The van der Waals surface area contributed by atoms with Crippen molar-refractivity contribution in [3.8, 4) is 11.5 Å². The maximum atomic E-state index is 12.0. The molecule has 3 N–H and O–H groups in total. The molecule has 2 aromatic rings. The van der Waals surface area contributed by atoms with E-state index in [0.717, 1.165) is 0 Å². The van der Waals surface area contributed by atoms with Crippen molar-refractivity contribution in [3.63, 3.8) is 0 Å². The van der Waals surface area contributed by atoms with E-state index in [1.165, 1.54) is 36.1 Å². The molecule has 6 nitrogen and oxygen atoms in total. The fourth-order valence-electron chi connectivity index (χ4n) is 1.91. The average Bonchev–Trinajstić information content (AvgIpc) is 2.48. The Morgan fingerprint density at radius 1 is 0.955 bits per heavy atom. The van der Waals surface area contributed by atoms with Gasteiger partial charge in [0.25, 0.3) is 0 Å². The number of rotatable bonds is 4. The Morgan fingerprint density at radius 3 is 1.95 bits per heavy atom. The van der Waals surface area contributed by atoms with Crippen molar-refractivity contribution in [1.29, 1.82) is 0 Å². The molecule has 114 valence electrons. The van der Waals surface area contributed by atoms with Crippen molar-refractivity contribution in [3.05, 3.63) is 48.5 Å². The number of nitrogens with zero attached hydrogens (tertiary/aromatic N) is 1. The summed E-state index contributed by atoms with van der Waals surface area (Å²) in [6.07, 6.45) is 0. The summed E-state index contributed by atoms with van der Waals surface area (Å²) in [6, 6.07) is 12.1. The molecule has 0 saturated heterocycles. The summed E-state index contributed by atoms with van der Waals surface area (Å²) in [4.78, 5) is 25.0. The van der Waals surface area contributed by atoms with Crippen LogP contribution in [0.4, 0.5) is 11.4 Å². The second-order valence-electron chi connectivity index (χ2n) is 4.72. The van der Waals surface area contributed by atoms with Crippen LogP contribution in [0.3, 0.4) is 0 Å². The van der Waals surface area contributed by atoms with Gasteiger partial charge in [0.2, 0.25) is 11.8 Å². The van der Waals surface area contributed by atoms with Gasteiger partial charge >= 0.3 is 0 Å². The predicted octanol–water partition coefficient (Wildman–Crippen LogP) is 2.09. The fourth-order valence-corrected chi connectivity index (χ4v) is 1.91. The molecular weight excluding hydrogens is 284 g/mol. The summed E-state index contributed by atoms with van der Waals surface area (Å²) in [5, 5.41) is 21.1. The highest BCUT2D eigenvalue weighted by atomic mass is 16.3. The van der Waals surface area contributed by atoms with Crippen molar-refractivity contribution >= 4 is 23.2 Å². The van der Waals surface area contributed by atoms with Crippen molar-refractivity contribution in [2.75, 3.05) is 16.8 Å². The number of phenols is 2. The van der Waals surface area contributed by atoms with Gasteiger partial charge in [-0.3, -0.25) is 9.59 Å². The molecule has 0 spiro atoms. The van der Waals surface area contributed by atoms with Crippen LogP contribution in [0.5, 0.6) is 11.5 Å². The molecule has 0 fully saturated rings. The lowest BCUT2D eigenvalue weighted by atomic mass is 10.2. The molecule has 0 atom stereocenters. The number of aromatic hydroxyl groups is 2. The first-order valence-corrected chi connectivity index (χ1v) is 6.62. The zero-order valence-electron chi connectivity index (χ0n) is 12.0. The normalized spacial score (nSPS) is 10.0. The summed E-state index contributed by atoms with van der Waals surface area (Å²) in [7, 11) is 0. The molecule has 0 unspecified atom stereocenters. The zero-order chi connectivity index (χ0) is 16.1. The number of carbonyl (C=O) groups is 2. The minimum atomic E-state index is -0.367. The Kier molecular flexibility index (Phi) is 4.63. The van der Waals surface area contributed by atoms with Gasteiger partial charge in [-0.1, -0.05) is 0 Å². The Labute approximate surface area is 127 Å². The number of phenolic OH excluding ortho intramolecular Hbond substituents is 2. The lowest BCUT2D eigenvalue weighted by Gasteiger charge is -2.20. The highest BCUT2D eigenvalue weighted by molar-refractivity contribution is 6.01. The van der Waals surface area contributed by atoms with Gasteiger partial charge in [-0.15, -0.1) is 0 Å². The minimum absolute atomic E-state index is 0.0841. The monoisotopic (exact) mass is 300 g/mol. The van der Waals surface area contributed by atoms with Gasteiger partial charge in [-0.2, -0.15) is 0 Å². The van der Waals surface area contributed by atoms with E-state index >= 15 is 0 Å². The molecule has 0 radical (unpaired) electrons. The van der Waals surface area contributed by atoms with Crippen LogP contribution in [0.25, 0.3) is 0 Å². The van der Waals surface area contributed by atoms with E-state index in [4.69, 9.17) is 0 Å². The quantitative estimate of drug-likeness (QED) is 0.754. The van der Waals surface area contributed by atoms with Crippen LogP contribution < -0.4 is 10.2 Å². The second kappa shape index (κ2) is 6.62. The van der Waals surface area contributed by atoms with Gasteiger partial charge in [0, 0.05) is 18.3 Å². The molecule has 0 saturated carbocycles. The number of benzene rings is 2. The van der Waals surface area contributed by atoms with E-state index in [-0.39, 0.29) is 29.9 Å². The number of carbonyl (C=O) groups excluding carboxylic acids is 2. The van der Waals surface area contributed by atoms with Crippen LogP contribution in [-0.4, -0.2) is 28.6 Å². The molecule has 0 heterocycles. The molecule has 2 rings (SSSR count). The minimum Gasteiger partial charge on any atom is -0.508 e. The summed E-state index contributed by atoms with van der Waals surface area (Å²) >= 11 is 0. The van der Waals surface area contributed by atoms with E-state index in [9.17, 15) is 19.8 Å². The van der Waals surface area contributed by atoms with E-state index in [2.05, 4.69) is 5.32 Å². The van der Waals surface area contributed by atoms with Crippen molar-refractivity contribution in [2.24, 2.45) is 0 Å². The molecule has 22 heavy (non-hydrogen) atoms. The lowest BCUT2D eigenvalue weighted by molar-refractivity contribution is -0.120. The topological polar surface area (TPSA) is 89.9 Å². The first kappa shape index (κ1) is 15.4. The van der Waals surface area contributed by atoms with Gasteiger partial charge in [0.1, 0.15) is 18.0 Å². The SMILES string of the molecule is CC(=O)N(CC(=O)Nc1ccc(O)cc1)c1ccc(O)cc1. The largest absolute Gasteiger partial charge is 0.508 e. The first-order valence-electron chi connectivity index (χ1n) is 6.62. The van der Waals surface area contributed by atoms with Crippen LogP contribution in [0.15, 0.2) is 48.5 Å². The Morgan fingerprint density at radius 2 is 1.45 bits per heavy atom. The summed E-state index contributed by atoms with van der Waals surface area (Å²) in [5.74, 6) is -0.464. The van der Waals surface area contributed by atoms with Crippen LogP contribution in [0.1, 0.15) is 6.92 Å². The molecule has 0 aliphatic rings. The third-order valence-electron chi connectivity index (χ3n) is 2.99. The summed E-state index contributed by atoms with van der Waals surface area (Å²) in [6.45, 7) is 1.21. The zero-order valence-corrected chi connectivity index (χ0v) is 12.0. The predicted molar refractivity (Wildman–Crippen MR) is 82.9 cm³/mol. The molecule has 0 aliphatic heterocycles. The Bertz CT molecular complexity index is 666. The highest BCUT2D eigenvalue weighted by Crippen LogP contribution is 2.19. The molecular formula is C16H16N2O4. The number of nitrogens with one attached hydrogen (secondary N) is 1. The third-order valence-corrected chi connectivity index (χ3v) is 2.99. The fraction of sp³-hybridized carbons (Fsp3) is 0.125. The van der Waals surface area contributed by atoms with Crippen molar-refractivity contribution < 1.29 is 19.8 Å². The molecule has 2 aromatic carbocycles. The lowest BCUT2D eigenvalue weighted by Crippen LogP contribution is -2.36. The van der Waals surface area contributed by atoms with E-state index in [1.54, 1.807) is 24.3 Å². The average molecular weight is 300 g/mol. The first-order chi connectivity index (χ1) is 10.5. The maximum Gasteiger partial charge on any atom is 0.244 e. The Balaban J connectivity index is 2.07. The van der Waals surface area contributed by atoms with Gasteiger partial charge in [0.05, 0.1) is 0 Å². The van der Waals surface area contributed by atoms with Crippen LogP contribution in [0.2, 0.25) is 0 Å². The van der Waals surface area contributed by atoms with Gasteiger partial charge in [0.15, 0.2) is 0 Å². The summed E-state index contributed by atoms with van der Waals surface area (Å²) in [5.41, 5.74) is 1.04. The number of amides is 2. The van der Waals surface area contributed by atoms with Crippen LogP contribution >= 0.6 is 0 Å². The number of hydrogen-bond donors (Lipinski definition) is 3. The van der Waals surface area contributed by atoms with E-state index in [1.807, 2.05) is 0 Å². The van der Waals surface area contributed by atoms with E-state index in [0.29, 0.717) is 11.4 Å². The summed E-state index contributed by atoms with van der Waals surface area (Å²) < 4.78 is 0.